The van der Waals surface area contributed by atoms with Crippen LogP contribution >= 0.6 is 0 Å². The maximum Gasteiger partial charge on any atom is 0.305 e. The van der Waals surface area contributed by atoms with Gasteiger partial charge in [0.05, 0.1) is 26.4 Å². The molecule has 2 N–H and O–H groups in total. The van der Waals surface area contributed by atoms with Gasteiger partial charge in [-0.15, -0.1) is 0 Å². The Morgan fingerprint density at radius 2 is 0.706 bits per heavy atom. The summed E-state index contributed by atoms with van der Waals surface area (Å²) in [6, 6.07) is 0. The molecule has 10 nitrogen and oxygen atoms in total. The molecule has 0 rings (SSSR count). The molecular weight excluding hydrogens is 448 g/mol. The summed E-state index contributed by atoms with van der Waals surface area (Å²) in [6.07, 6.45) is 9.24. The van der Waals surface area contributed by atoms with E-state index in [4.69, 9.17) is 29.2 Å². The van der Waals surface area contributed by atoms with Crippen LogP contribution in [0.4, 0.5) is 0 Å². The highest BCUT2D eigenvalue weighted by Gasteiger charge is 2.04. The number of hydrogen-bond acceptors (Lipinski definition) is 8. The number of carbonyl (C=O) groups is 4. The van der Waals surface area contributed by atoms with Gasteiger partial charge in [0.2, 0.25) is 0 Å². The molecule has 0 radical (unpaired) electrons. The van der Waals surface area contributed by atoms with Crippen LogP contribution in [0.1, 0.15) is 89.9 Å². The minimum Gasteiger partial charge on any atom is -0.481 e. The van der Waals surface area contributed by atoms with E-state index in [9.17, 15) is 19.2 Å². The second-order valence-electron chi connectivity index (χ2n) is 7.99. The minimum absolute atomic E-state index is 0.189. The van der Waals surface area contributed by atoms with Gasteiger partial charge in [-0.25, -0.2) is 0 Å². The average Bonchev–Trinajstić information content (AvgIpc) is 2.78. The highest BCUT2D eigenvalue weighted by Crippen LogP contribution is 2.08. The molecular formula is C24H42O10. The molecule has 0 fully saturated rings. The molecule has 0 bridgehead atoms. The van der Waals surface area contributed by atoms with Crippen molar-refractivity contribution in [1.29, 1.82) is 0 Å². The number of aliphatic carboxylic acids is 2. The molecule has 10 heteroatoms. The average molecular weight is 491 g/mol. The fourth-order valence-corrected chi connectivity index (χ4v) is 3.05. The van der Waals surface area contributed by atoms with Crippen LogP contribution in [0.25, 0.3) is 0 Å². The monoisotopic (exact) mass is 490 g/mol. The predicted molar refractivity (Wildman–Crippen MR) is 123 cm³/mol. The molecule has 0 saturated carbocycles. The van der Waals surface area contributed by atoms with Crippen molar-refractivity contribution in [2.75, 3.05) is 39.6 Å². The normalized spacial score (nSPS) is 10.7. The number of carboxylic acids is 2. The topological polar surface area (TPSA) is 146 Å². The number of ether oxygens (including phenoxy) is 4. The van der Waals surface area contributed by atoms with Crippen molar-refractivity contribution in [3.8, 4) is 0 Å². The van der Waals surface area contributed by atoms with Crippen molar-refractivity contribution in [3.63, 3.8) is 0 Å². The van der Waals surface area contributed by atoms with Gasteiger partial charge >= 0.3 is 23.9 Å². The quantitative estimate of drug-likeness (QED) is 0.143. The molecule has 0 saturated heterocycles. The van der Waals surface area contributed by atoms with E-state index in [-0.39, 0.29) is 51.2 Å². The third-order valence-electron chi connectivity index (χ3n) is 4.90. The van der Waals surface area contributed by atoms with E-state index in [1.54, 1.807) is 0 Å². The maximum absolute atomic E-state index is 11.6. The van der Waals surface area contributed by atoms with Gasteiger partial charge in [-0.2, -0.15) is 0 Å². The first-order valence-corrected chi connectivity index (χ1v) is 12.3. The number of rotatable bonds is 25. The largest absolute Gasteiger partial charge is 0.481 e. The van der Waals surface area contributed by atoms with E-state index in [1.807, 2.05) is 0 Å². The van der Waals surface area contributed by atoms with Gasteiger partial charge in [0.1, 0.15) is 13.2 Å². The first kappa shape index (κ1) is 31.8. The van der Waals surface area contributed by atoms with Gasteiger partial charge < -0.3 is 29.2 Å². The summed E-state index contributed by atoms with van der Waals surface area (Å²) in [5.74, 6) is -2.06. The Morgan fingerprint density at radius 1 is 0.412 bits per heavy atom. The summed E-state index contributed by atoms with van der Waals surface area (Å²) in [5, 5.41) is 17.1. The fraction of sp³-hybridized carbons (Fsp3) is 0.833. The summed E-state index contributed by atoms with van der Waals surface area (Å²) in [6.45, 7) is 1.65. The molecule has 0 aromatic heterocycles. The van der Waals surface area contributed by atoms with Crippen molar-refractivity contribution in [2.45, 2.75) is 89.9 Å². The molecule has 198 valence electrons. The summed E-state index contributed by atoms with van der Waals surface area (Å²) in [5.41, 5.74) is 0. The number of carboxylic acid groups (broad SMARTS) is 2. The van der Waals surface area contributed by atoms with Crippen LogP contribution in [0, 0.1) is 0 Å². The second kappa shape index (κ2) is 23.9. The second-order valence-corrected chi connectivity index (χ2v) is 7.99. The van der Waals surface area contributed by atoms with Crippen LogP contribution in [-0.4, -0.2) is 73.7 Å². The Morgan fingerprint density at radius 3 is 1.06 bits per heavy atom. The van der Waals surface area contributed by atoms with Crippen LogP contribution in [0.15, 0.2) is 0 Å². The van der Waals surface area contributed by atoms with Gasteiger partial charge in [-0.1, -0.05) is 38.5 Å². The smallest absolute Gasteiger partial charge is 0.305 e. The van der Waals surface area contributed by atoms with Gasteiger partial charge in [0.25, 0.3) is 0 Å². The third kappa shape index (κ3) is 26.1. The Kier molecular flexibility index (Phi) is 22.4. The molecule has 0 atom stereocenters. The van der Waals surface area contributed by atoms with Crippen molar-refractivity contribution in [2.24, 2.45) is 0 Å². The summed E-state index contributed by atoms with van der Waals surface area (Å²) < 4.78 is 20.8. The van der Waals surface area contributed by atoms with Crippen LogP contribution in [-0.2, 0) is 38.1 Å². The van der Waals surface area contributed by atoms with Crippen molar-refractivity contribution in [1.82, 2.24) is 0 Å². The van der Waals surface area contributed by atoms with E-state index in [1.165, 1.54) is 0 Å². The highest BCUT2D eigenvalue weighted by molar-refractivity contribution is 5.69. The molecule has 0 aromatic rings. The predicted octanol–water partition coefficient (Wildman–Crippen LogP) is 3.74. The standard InChI is InChI=1S/C24H42O10/c25-21(26)11-7-3-1-5-9-13-23(29)33-19-17-31-15-16-32-18-20-34-24(30)14-10-6-2-4-8-12-22(27)28/h1-20H2,(H,25,26)(H,27,28). The molecule has 0 unspecified atom stereocenters. The van der Waals surface area contributed by atoms with E-state index >= 15 is 0 Å². The molecule has 0 aliphatic heterocycles. The minimum atomic E-state index is -0.773. The lowest BCUT2D eigenvalue weighted by Crippen LogP contribution is -2.15. The summed E-state index contributed by atoms with van der Waals surface area (Å²) in [4.78, 5) is 44.0. The number of carbonyl (C=O) groups excluding carboxylic acids is 2. The van der Waals surface area contributed by atoms with E-state index in [0.29, 0.717) is 38.9 Å². The van der Waals surface area contributed by atoms with Crippen molar-refractivity contribution in [3.05, 3.63) is 0 Å². The Bertz CT molecular complexity index is 502. The molecule has 0 amide bonds. The summed E-state index contributed by atoms with van der Waals surface area (Å²) in [7, 11) is 0. The zero-order valence-electron chi connectivity index (χ0n) is 20.3. The Balaban J connectivity index is 3.28. The molecule has 0 heterocycles. The van der Waals surface area contributed by atoms with E-state index in [0.717, 1.165) is 51.4 Å². The van der Waals surface area contributed by atoms with Crippen LogP contribution in [0.2, 0.25) is 0 Å². The molecule has 0 spiro atoms. The van der Waals surface area contributed by atoms with Crippen molar-refractivity contribution < 1.29 is 48.3 Å². The van der Waals surface area contributed by atoms with Gasteiger partial charge in [0.15, 0.2) is 0 Å². The summed E-state index contributed by atoms with van der Waals surface area (Å²) >= 11 is 0. The SMILES string of the molecule is O=C(O)CCCCCCCC(=O)OCCOCCOCCOC(=O)CCCCCCCC(=O)O. The van der Waals surface area contributed by atoms with E-state index in [2.05, 4.69) is 0 Å². The van der Waals surface area contributed by atoms with Crippen LogP contribution in [0.5, 0.6) is 0 Å². The molecule has 0 aliphatic rings. The van der Waals surface area contributed by atoms with Crippen LogP contribution < -0.4 is 0 Å². The highest BCUT2D eigenvalue weighted by atomic mass is 16.6. The van der Waals surface area contributed by atoms with Gasteiger partial charge in [0, 0.05) is 25.7 Å². The van der Waals surface area contributed by atoms with Crippen molar-refractivity contribution >= 4 is 23.9 Å². The van der Waals surface area contributed by atoms with Crippen LogP contribution in [0.3, 0.4) is 0 Å². The number of unbranched alkanes of at least 4 members (excludes halogenated alkanes) is 8. The lowest BCUT2D eigenvalue weighted by molar-refractivity contribution is -0.147. The van der Waals surface area contributed by atoms with Gasteiger partial charge in [-0.05, 0) is 25.7 Å². The van der Waals surface area contributed by atoms with Gasteiger partial charge in [-0.3, -0.25) is 19.2 Å². The number of esters is 2. The Labute approximate surface area is 202 Å². The number of hydrogen-bond donors (Lipinski definition) is 2. The fourth-order valence-electron chi connectivity index (χ4n) is 3.05. The molecule has 0 aromatic carbocycles. The maximum atomic E-state index is 11.6. The lowest BCUT2D eigenvalue weighted by atomic mass is 10.1. The molecule has 34 heavy (non-hydrogen) atoms. The third-order valence-corrected chi connectivity index (χ3v) is 4.90. The molecule has 0 aliphatic carbocycles. The Hall–Kier alpha value is -2.20. The van der Waals surface area contributed by atoms with E-state index < -0.39 is 11.9 Å². The first-order valence-electron chi connectivity index (χ1n) is 12.3. The zero-order chi connectivity index (χ0) is 25.3. The zero-order valence-corrected chi connectivity index (χ0v) is 20.3. The first-order chi connectivity index (χ1) is 16.4. The lowest BCUT2D eigenvalue weighted by Gasteiger charge is -2.08.